The van der Waals surface area contributed by atoms with Crippen molar-refractivity contribution in [3.8, 4) is 5.75 Å². The second kappa shape index (κ2) is 6.26. The molecule has 1 unspecified atom stereocenters. The van der Waals surface area contributed by atoms with Crippen LogP contribution >= 0.6 is 0 Å². The number of nitrogen functional groups attached to an aromatic ring is 1. The first-order valence-electron chi connectivity index (χ1n) is 5.96. The van der Waals surface area contributed by atoms with Crippen LogP contribution in [0, 0.1) is 0 Å². The van der Waals surface area contributed by atoms with Crippen molar-refractivity contribution in [2.75, 3.05) is 17.7 Å². The van der Waals surface area contributed by atoms with Crippen molar-refractivity contribution in [1.29, 1.82) is 0 Å². The number of ether oxygens (including phenoxy) is 1. The smallest absolute Gasteiger partial charge is 0.144 e. The van der Waals surface area contributed by atoms with Crippen LogP contribution in [0.25, 0.3) is 0 Å². The van der Waals surface area contributed by atoms with Crippen LogP contribution in [0.2, 0.25) is 0 Å². The molecule has 0 heterocycles. The van der Waals surface area contributed by atoms with Crippen molar-refractivity contribution in [2.24, 2.45) is 0 Å². The Hall–Kier alpha value is -1.38. The fourth-order valence-corrected chi connectivity index (χ4v) is 1.38. The minimum atomic E-state index is 0.420. The highest BCUT2D eigenvalue weighted by atomic mass is 16.5. The lowest BCUT2D eigenvalue weighted by atomic mass is 10.2. The molecule has 0 aliphatic carbocycles. The molecule has 0 aliphatic rings. The van der Waals surface area contributed by atoms with E-state index in [0.29, 0.717) is 18.3 Å². The van der Waals surface area contributed by atoms with Gasteiger partial charge >= 0.3 is 0 Å². The number of hydrogen-bond donors (Lipinski definition) is 2. The molecule has 0 amide bonds. The van der Waals surface area contributed by atoms with Gasteiger partial charge in [0.05, 0.1) is 18.0 Å². The molecule has 16 heavy (non-hydrogen) atoms. The van der Waals surface area contributed by atoms with Crippen LogP contribution in [-0.4, -0.2) is 12.6 Å². The molecule has 0 saturated carbocycles. The molecule has 0 spiro atoms. The highest BCUT2D eigenvalue weighted by Crippen LogP contribution is 2.30. The minimum absolute atomic E-state index is 0.420. The number of nitrogens with two attached hydrogens (primary N) is 1. The molecule has 0 bridgehead atoms. The number of benzene rings is 1. The third-order valence-electron chi connectivity index (χ3n) is 2.54. The van der Waals surface area contributed by atoms with Crippen molar-refractivity contribution < 1.29 is 4.74 Å². The summed E-state index contributed by atoms with van der Waals surface area (Å²) in [6, 6.07) is 6.28. The van der Waals surface area contributed by atoms with Gasteiger partial charge in [-0.25, -0.2) is 0 Å². The van der Waals surface area contributed by atoms with Gasteiger partial charge < -0.3 is 15.8 Å². The molecule has 3 N–H and O–H groups in total. The molecule has 0 saturated heterocycles. The molecule has 3 nitrogen and oxygen atoms in total. The van der Waals surface area contributed by atoms with Crippen LogP contribution in [0.4, 0.5) is 11.4 Å². The molecule has 90 valence electrons. The van der Waals surface area contributed by atoms with Gasteiger partial charge in [0.15, 0.2) is 0 Å². The first kappa shape index (κ1) is 12.7. The zero-order valence-corrected chi connectivity index (χ0v) is 10.4. The van der Waals surface area contributed by atoms with Gasteiger partial charge in [0, 0.05) is 6.04 Å². The largest absolute Gasteiger partial charge is 0.491 e. The van der Waals surface area contributed by atoms with Crippen LogP contribution in [0.15, 0.2) is 18.2 Å². The average Bonchev–Trinajstić information content (AvgIpc) is 2.30. The molecule has 0 fully saturated rings. The predicted molar refractivity (Wildman–Crippen MR) is 70.0 cm³/mol. The van der Waals surface area contributed by atoms with Crippen LogP contribution in [0.5, 0.6) is 5.75 Å². The number of anilines is 2. The van der Waals surface area contributed by atoms with E-state index in [9.17, 15) is 0 Å². The Morgan fingerprint density at radius 3 is 2.75 bits per heavy atom. The van der Waals surface area contributed by atoms with Crippen LogP contribution in [-0.2, 0) is 0 Å². The van der Waals surface area contributed by atoms with E-state index in [1.165, 1.54) is 0 Å². The average molecular weight is 222 g/mol. The van der Waals surface area contributed by atoms with Gasteiger partial charge in [-0.2, -0.15) is 0 Å². The van der Waals surface area contributed by atoms with Gasteiger partial charge in [0.2, 0.25) is 0 Å². The second-order valence-electron chi connectivity index (χ2n) is 4.02. The van der Waals surface area contributed by atoms with Crippen molar-refractivity contribution in [3.05, 3.63) is 18.2 Å². The van der Waals surface area contributed by atoms with Crippen molar-refractivity contribution in [3.63, 3.8) is 0 Å². The molecule has 1 aromatic carbocycles. The van der Waals surface area contributed by atoms with Gasteiger partial charge in [-0.3, -0.25) is 0 Å². The first-order valence-corrected chi connectivity index (χ1v) is 5.96. The van der Waals surface area contributed by atoms with Crippen molar-refractivity contribution >= 4 is 11.4 Å². The fraction of sp³-hybridized carbons (Fsp3) is 0.538. The summed E-state index contributed by atoms with van der Waals surface area (Å²) in [5.74, 6) is 0.773. The summed E-state index contributed by atoms with van der Waals surface area (Å²) in [6.07, 6.45) is 2.06. The highest BCUT2D eigenvalue weighted by Gasteiger charge is 2.07. The lowest BCUT2D eigenvalue weighted by Gasteiger charge is -2.17. The summed E-state index contributed by atoms with van der Waals surface area (Å²) in [5.41, 5.74) is 7.71. The Balaban J connectivity index is 2.77. The summed E-state index contributed by atoms with van der Waals surface area (Å²) in [7, 11) is 0. The molecule has 1 atom stereocenters. The molecule has 1 aromatic rings. The third-order valence-corrected chi connectivity index (χ3v) is 2.54. The Morgan fingerprint density at radius 2 is 2.12 bits per heavy atom. The molecule has 3 heteroatoms. The molecule has 0 aromatic heterocycles. The maximum absolute atomic E-state index is 6.04. The number of hydrogen-bond acceptors (Lipinski definition) is 3. The van der Waals surface area contributed by atoms with E-state index in [1.54, 1.807) is 0 Å². The normalized spacial score (nSPS) is 12.2. The van der Waals surface area contributed by atoms with Gasteiger partial charge in [-0.1, -0.05) is 19.9 Å². The summed E-state index contributed by atoms with van der Waals surface area (Å²) in [4.78, 5) is 0. The first-order chi connectivity index (χ1) is 7.69. The monoisotopic (exact) mass is 222 g/mol. The number of rotatable bonds is 6. The lowest BCUT2D eigenvalue weighted by Crippen LogP contribution is -2.15. The van der Waals surface area contributed by atoms with Crippen LogP contribution in [0.1, 0.15) is 33.6 Å². The van der Waals surface area contributed by atoms with E-state index >= 15 is 0 Å². The second-order valence-corrected chi connectivity index (χ2v) is 4.02. The quantitative estimate of drug-likeness (QED) is 0.726. The molecule has 0 radical (unpaired) electrons. The molecular formula is C13H22N2O. The zero-order chi connectivity index (χ0) is 12.0. The Bertz CT molecular complexity index is 326. The van der Waals surface area contributed by atoms with E-state index in [4.69, 9.17) is 10.5 Å². The van der Waals surface area contributed by atoms with Gasteiger partial charge in [0.25, 0.3) is 0 Å². The topological polar surface area (TPSA) is 47.3 Å². The van der Waals surface area contributed by atoms with Crippen LogP contribution in [0.3, 0.4) is 0 Å². The number of nitrogens with one attached hydrogen (secondary N) is 1. The van der Waals surface area contributed by atoms with Crippen LogP contribution < -0.4 is 15.8 Å². The number of para-hydroxylation sites is 1. The zero-order valence-electron chi connectivity index (χ0n) is 10.4. The lowest BCUT2D eigenvalue weighted by molar-refractivity contribution is 0.319. The highest BCUT2D eigenvalue weighted by molar-refractivity contribution is 5.73. The van der Waals surface area contributed by atoms with E-state index in [2.05, 4.69) is 26.1 Å². The standard InChI is InChI=1S/C13H22N2O/c1-4-9-16-12-8-6-7-11(13(12)14)15-10(3)5-2/h6-8,10,15H,4-5,9,14H2,1-3H3. The van der Waals surface area contributed by atoms with E-state index in [-0.39, 0.29) is 0 Å². The third kappa shape index (κ3) is 3.33. The summed E-state index contributed by atoms with van der Waals surface area (Å²) < 4.78 is 5.58. The van der Waals surface area contributed by atoms with Crippen molar-refractivity contribution in [1.82, 2.24) is 0 Å². The Labute approximate surface area is 98.0 Å². The van der Waals surface area contributed by atoms with E-state index < -0.39 is 0 Å². The van der Waals surface area contributed by atoms with Gasteiger partial charge in [-0.05, 0) is 31.9 Å². The van der Waals surface area contributed by atoms with E-state index in [1.807, 2.05) is 18.2 Å². The fourth-order valence-electron chi connectivity index (χ4n) is 1.38. The summed E-state index contributed by atoms with van der Waals surface area (Å²) in [6.45, 7) is 7.07. The SMILES string of the molecule is CCCOc1cccc(NC(C)CC)c1N. The van der Waals surface area contributed by atoms with Gasteiger partial charge in [0.1, 0.15) is 5.75 Å². The van der Waals surface area contributed by atoms with Gasteiger partial charge in [-0.15, -0.1) is 0 Å². The maximum atomic E-state index is 6.04. The Morgan fingerprint density at radius 1 is 1.38 bits per heavy atom. The molecule has 0 aliphatic heterocycles. The predicted octanol–water partition coefficient (Wildman–Crippen LogP) is 3.27. The van der Waals surface area contributed by atoms with Crippen molar-refractivity contribution in [2.45, 2.75) is 39.7 Å². The minimum Gasteiger partial charge on any atom is -0.491 e. The summed E-state index contributed by atoms with van der Waals surface area (Å²) >= 11 is 0. The molecule has 1 rings (SSSR count). The molecular weight excluding hydrogens is 200 g/mol. The maximum Gasteiger partial charge on any atom is 0.144 e. The summed E-state index contributed by atoms with van der Waals surface area (Å²) in [5, 5.41) is 3.37. The Kier molecular flexibility index (Phi) is 4.96. The van der Waals surface area contributed by atoms with E-state index in [0.717, 1.165) is 24.3 Å².